The first-order chi connectivity index (χ1) is 16.4. The molecule has 1 aliphatic rings. The summed E-state index contributed by atoms with van der Waals surface area (Å²) in [5, 5.41) is 15.6. The summed E-state index contributed by atoms with van der Waals surface area (Å²) in [6.45, 7) is 0. The third-order valence-corrected chi connectivity index (χ3v) is 5.64. The summed E-state index contributed by atoms with van der Waals surface area (Å²) in [6, 6.07) is 12.3. The number of nitrogens with zero attached hydrogens (tertiary/aromatic N) is 1. The lowest BCUT2D eigenvalue weighted by Crippen LogP contribution is -2.43. The minimum absolute atomic E-state index is 0.0701. The SMILES string of the molecule is O=C(NC1CCC(NC(=O)c2cc(F)cnc2Oc2ccc(F)cc2)CC1)c1ccccc1O. The maximum atomic E-state index is 13.8. The van der Waals surface area contributed by atoms with E-state index in [2.05, 4.69) is 15.6 Å². The van der Waals surface area contributed by atoms with Crippen molar-refractivity contribution in [2.45, 2.75) is 37.8 Å². The summed E-state index contributed by atoms with van der Waals surface area (Å²) < 4.78 is 32.5. The van der Waals surface area contributed by atoms with E-state index in [0.29, 0.717) is 25.7 Å². The second-order valence-corrected chi connectivity index (χ2v) is 8.07. The van der Waals surface area contributed by atoms with Crippen molar-refractivity contribution < 1.29 is 28.2 Å². The molecular weight excluding hydrogens is 444 g/mol. The molecule has 0 saturated heterocycles. The highest BCUT2D eigenvalue weighted by Crippen LogP contribution is 2.26. The van der Waals surface area contributed by atoms with Gasteiger partial charge in [0.1, 0.15) is 28.7 Å². The number of pyridine rings is 1. The van der Waals surface area contributed by atoms with Crippen molar-refractivity contribution in [1.82, 2.24) is 15.6 Å². The van der Waals surface area contributed by atoms with Crippen LogP contribution in [0.15, 0.2) is 60.8 Å². The van der Waals surface area contributed by atoms with E-state index >= 15 is 0 Å². The monoisotopic (exact) mass is 467 g/mol. The Morgan fingerprint density at radius 2 is 1.44 bits per heavy atom. The average Bonchev–Trinajstić information content (AvgIpc) is 2.83. The molecule has 1 aromatic heterocycles. The quantitative estimate of drug-likeness (QED) is 0.501. The molecule has 2 aromatic carbocycles. The van der Waals surface area contributed by atoms with E-state index in [0.717, 1.165) is 12.3 Å². The van der Waals surface area contributed by atoms with Crippen molar-refractivity contribution in [3.8, 4) is 17.4 Å². The summed E-state index contributed by atoms with van der Waals surface area (Å²) in [5.74, 6) is -1.92. The first-order valence-electron chi connectivity index (χ1n) is 10.9. The largest absolute Gasteiger partial charge is 0.507 e. The third kappa shape index (κ3) is 5.67. The maximum Gasteiger partial charge on any atom is 0.257 e. The summed E-state index contributed by atoms with van der Waals surface area (Å²) >= 11 is 0. The highest BCUT2D eigenvalue weighted by Gasteiger charge is 2.26. The highest BCUT2D eigenvalue weighted by molar-refractivity contribution is 5.97. The number of benzene rings is 2. The number of amides is 2. The van der Waals surface area contributed by atoms with Gasteiger partial charge in [0, 0.05) is 12.1 Å². The van der Waals surface area contributed by atoms with E-state index in [-0.39, 0.29) is 46.5 Å². The van der Waals surface area contributed by atoms with Crippen molar-refractivity contribution >= 4 is 11.8 Å². The van der Waals surface area contributed by atoms with Crippen molar-refractivity contribution in [2.24, 2.45) is 0 Å². The smallest absolute Gasteiger partial charge is 0.257 e. The minimum Gasteiger partial charge on any atom is -0.507 e. The topological polar surface area (TPSA) is 101 Å². The number of rotatable bonds is 6. The first kappa shape index (κ1) is 23.2. The lowest BCUT2D eigenvalue weighted by Gasteiger charge is -2.29. The Morgan fingerprint density at radius 1 is 0.853 bits per heavy atom. The second kappa shape index (κ2) is 10.3. The van der Waals surface area contributed by atoms with Gasteiger partial charge >= 0.3 is 0 Å². The molecule has 3 aromatic rings. The van der Waals surface area contributed by atoms with Gasteiger partial charge in [0.05, 0.1) is 11.8 Å². The number of phenols is 1. The molecule has 34 heavy (non-hydrogen) atoms. The lowest BCUT2D eigenvalue weighted by molar-refractivity contribution is 0.0888. The van der Waals surface area contributed by atoms with E-state index in [4.69, 9.17) is 4.74 Å². The Kier molecular flexibility index (Phi) is 7.01. The van der Waals surface area contributed by atoms with E-state index in [1.807, 2.05) is 0 Å². The van der Waals surface area contributed by atoms with Gasteiger partial charge in [0.15, 0.2) is 0 Å². The van der Waals surface area contributed by atoms with Crippen molar-refractivity contribution in [1.29, 1.82) is 0 Å². The Morgan fingerprint density at radius 3 is 2.06 bits per heavy atom. The van der Waals surface area contributed by atoms with Crippen LogP contribution in [0.3, 0.4) is 0 Å². The van der Waals surface area contributed by atoms with Crippen LogP contribution in [0.5, 0.6) is 17.4 Å². The van der Waals surface area contributed by atoms with Gasteiger partial charge in [-0.05, 0) is 68.1 Å². The molecule has 1 heterocycles. The summed E-state index contributed by atoms with van der Waals surface area (Å²) in [6.07, 6.45) is 3.41. The summed E-state index contributed by atoms with van der Waals surface area (Å²) in [5.41, 5.74) is 0.143. The molecule has 0 atom stereocenters. The zero-order valence-electron chi connectivity index (χ0n) is 18.1. The zero-order chi connectivity index (χ0) is 24.1. The molecule has 1 aliphatic carbocycles. The summed E-state index contributed by atoms with van der Waals surface area (Å²) in [7, 11) is 0. The number of ether oxygens (including phenoxy) is 1. The fourth-order valence-electron chi connectivity index (χ4n) is 3.86. The molecule has 0 unspecified atom stereocenters. The van der Waals surface area contributed by atoms with Crippen molar-refractivity contribution in [2.75, 3.05) is 0 Å². The predicted molar refractivity (Wildman–Crippen MR) is 120 cm³/mol. The highest BCUT2D eigenvalue weighted by atomic mass is 19.1. The molecule has 1 saturated carbocycles. The van der Waals surface area contributed by atoms with Gasteiger partial charge in [0.2, 0.25) is 5.88 Å². The molecule has 0 spiro atoms. The summed E-state index contributed by atoms with van der Waals surface area (Å²) in [4.78, 5) is 29.1. The van der Waals surface area contributed by atoms with Gasteiger partial charge in [0.25, 0.3) is 11.8 Å². The molecule has 176 valence electrons. The first-order valence-corrected chi connectivity index (χ1v) is 10.9. The molecule has 0 radical (unpaired) electrons. The van der Waals surface area contributed by atoms with Crippen LogP contribution in [0, 0.1) is 11.6 Å². The zero-order valence-corrected chi connectivity index (χ0v) is 18.1. The fourth-order valence-corrected chi connectivity index (χ4v) is 3.86. The second-order valence-electron chi connectivity index (χ2n) is 8.07. The van der Waals surface area contributed by atoms with Crippen LogP contribution < -0.4 is 15.4 Å². The molecule has 3 N–H and O–H groups in total. The number of carbonyl (C=O) groups is 2. The van der Waals surface area contributed by atoms with Crippen LogP contribution in [0.25, 0.3) is 0 Å². The number of carbonyl (C=O) groups excluding carboxylic acids is 2. The lowest BCUT2D eigenvalue weighted by atomic mass is 9.90. The van der Waals surface area contributed by atoms with E-state index in [1.54, 1.807) is 18.2 Å². The van der Waals surface area contributed by atoms with Gasteiger partial charge in [-0.25, -0.2) is 13.8 Å². The third-order valence-electron chi connectivity index (χ3n) is 5.64. The molecule has 0 aliphatic heterocycles. The molecule has 4 rings (SSSR count). The van der Waals surface area contributed by atoms with Crippen molar-refractivity contribution in [3.05, 3.63) is 83.6 Å². The van der Waals surface area contributed by atoms with E-state index < -0.39 is 17.5 Å². The van der Waals surface area contributed by atoms with Gasteiger partial charge in [-0.2, -0.15) is 0 Å². The van der Waals surface area contributed by atoms with Gasteiger partial charge in [-0.15, -0.1) is 0 Å². The number of para-hydroxylation sites is 1. The Hall–Kier alpha value is -4.01. The van der Waals surface area contributed by atoms with Crippen LogP contribution >= 0.6 is 0 Å². The number of aromatic nitrogens is 1. The molecule has 9 heteroatoms. The normalized spacial score (nSPS) is 17.6. The number of aromatic hydroxyl groups is 1. The molecule has 0 bridgehead atoms. The number of hydrogen-bond acceptors (Lipinski definition) is 5. The standard InChI is InChI=1S/C25H23F2N3O4/c26-15-5-11-19(12-6-15)34-25-21(13-16(27)14-28-25)24(33)30-18-9-7-17(8-10-18)29-23(32)20-3-1-2-4-22(20)31/h1-6,11-14,17-18,31H,7-10H2,(H,29,32)(H,30,33). The van der Waals surface area contributed by atoms with Crippen LogP contribution in [0.4, 0.5) is 8.78 Å². The van der Waals surface area contributed by atoms with Gasteiger partial charge in [-0.3, -0.25) is 9.59 Å². The van der Waals surface area contributed by atoms with Crippen molar-refractivity contribution in [3.63, 3.8) is 0 Å². The number of hydrogen-bond donors (Lipinski definition) is 3. The van der Waals surface area contributed by atoms with Gasteiger partial charge in [-0.1, -0.05) is 12.1 Å². The number of nitrogens with one attached hydrogen (secondary N) is 2. The predicted octanol–water partition coefficient (Wildman–Crippen LogP) is 4.33. The van der Waals surface area contributed by atoms with Crippen LogP contribution in [0.1, 0.15) is 46.4 Å². The molecular formula is C25H23F2N3O4. The Labute approximate surface area is 194 Å². The average molecular weight is 467 g/mol. The van der Waals surface area contributed by atoms with E-state index in [9.17, 15) is 23.5 Å². The fraction of sp³-hybridized carbons (Fsp3) is 0.240. The molecule has 2 amide bonds. The van der Waals surface area contributed by atoms with Crippen LogP contribution in [0.2, 0.25) is 0 Å². The Balaban J connectivity index is 1.35. The maximum absolute atomic E-state index is 13.8. The number of halogens is 2. The molecule has 7 nitrogen and oxygen atoms in total. The Bertz CT molecular complexity index is 1180. The number of phenolic OH excluding ortho intramolecular Hbond substituents is 1. The minimum atomic E-state index is -0.688. The van der Waals surface area contributed by atoms with Gasteiger partial charge < -0.3 is 20.5 Å². The van der Waals surface area contributed by atoms with Crippen LogP contribution in [-0.4, -0.2) is 34.0 Å². The molecule has 1 fully saturated rings. The van der Waals surface area contributed by atoms with E-state index in [1.165, 1.54) is 30.3 Å². The van der Waals surface area contributed by atoms with Crippen LogP contribution in [-0.2, 0) is 0 Å².